The van der Waals surface area contributed by atoms with E-state index in [2.05, 4.69) is 23.6 Å². The predicted molar refractivity (Wildman–Crippen MR) is 69.5 cm³/mol. The van der Waals surface area contributed by atoms with Crippen molar-refractivity contribution in [1.29, 1.82) is 0 Å². The van der Waals surface area contributed by atoms with Crippen molar-refractivity contribution in [3.8, 4) is 0 Å². The molecular weight excluding hydrogens is 218 g/mol. The fourth-order valence-corrected chi connectivity index (χ4v) is 0.974. The molecule has 5 heteroatoms. The third-order valence-electron chi connectivity index (χ3n) is 2.15. The van der Waals surface area contributed by atoms with Crippen molar-refractivity contribution in [2.75, 3.05) is 20.6 Å². The van der Waals surface area contributed by atoms with Crippen molar-refractivity contribution in [3.63, 3.8) is 0 Å². The van der Waals surface area contributed by atoms with E-state index in [9.17, 15) is 4.79 Å². The molecule has 1 amide bonds. The van der Waals surface area contributed by atoms with Crippen LogP contribution in [0.4, 0.5) is 0 Å². The molecule has 0 radical (unpaired) electrons. The van der Waals surface area contributed by atoms with E-state index in [0.29, 0.717) is 18.7 Å². The van der Waals surface area contributed by atoms with Crippen molar-refractivity contribution < 1.29 is 9.73 Å². The van der Waals surface area contributed by atoms with Gasteiger partial charge in [-0.3, -0.25) is 9.73 Å². The Balaban J connectivity index is 4.14. The van der Waals surface area contributed by atoms with Gasteiger partial charge in [-0.25, -0.2) is 0 Å². The zero-order chi connectivity index (χ0) is 13.3. The number of hydroxylamine groups is 2. The van der Waals surface area contributed by atoms with Crippen LogP contribution in [0.15, 0.2) is 30.0 Å². The van der Waals surface area contributed by atoms with Crippen molar-refractivity contribution in [1.82, 2.24) is 10.4 Å². The standard InChI is InChI=1S/C12H21N3O2/c1-6-10(3)8-9-15(5)17-14-11(7-2)12(16)13-4/h6H,1,3,7-9H2,2,4-5H3,(H,13,16)/b14-11+. The second kappa shape index (κ2) is 8.52. The van der Waals surface area contributed by atoms with Crippen LogP contribution in [0.25, 0.3) is 0 Å². The fraction of sp³-hybridized carbons (Fsp3) is 0.500. The van der Waals surface area contributed by atoms with Crippen LogP contribution >= 0.6 is 0 Å². The highest BCUT2D eigenvalue weighted by atomic mass is 16.8. The Kier molecular flexibility index (Phi) is 7.71. The second-order valence-corrected chi connectivity index (χ2v) is 3.52. The number of allylic oxidation sites excluding steroid dienone is 1. The van der Waals surface area contributed by atoms with Gasteiger partial charge in [-0.2, -0.15) is 0 Å². The SMILES string of the molecule is C=CC(=C)CCN(C)O/N=C(\CC)C(=O)NC. The molecule has 0 saturated carbocycles. The lowest BCUT2D eigenvalue weighted by Gasteiger charge is -2.13. The van der Waals surface area contributed by atoms with E-state index < -0.39 is 0 Å². The molecule has 0 aromatic heterocycles. The van der Waals surface area contributed by atoms with Gasteiger partial charge in [0.15, 0.2) is 0 Å². The maximum Gasteiger partial charge on any atom is 0.268 e. The largest absolute Gasteiger partial charge is 0.354 e. The molecule has 0 heterocycles. The zero-order valence-electron chi connectivity index (χ0n) is 10.8. The number of oxime groups is 1. The molecule has 0 unspecified atom stereocenters. The van der Waals surface area contributed by atoms with Crippen LogP contribution in [0.3, 0.4) is 0 Å². The average Bonchev–Trinajstić information content (AvgIpc) is 2.35. The minimum Gasteiger partial charge on any atom is -0.354 e. The number of nitrogens with one attached hydrogen (secondary N) is 1. The van der Waals surface area contributed by atoms with E-state index in [-0.39, 0.29) is 5.91 Å². The van der Waals surface area contributed by atoms with Crippen LogP contribution in [0.5, 0.6) is 0 Å². The van der Waals surface area contributed by atoms with Crippen LogP contribution in [0.2, 0.25) is 0 Å². The molecule has 0 spiro atoms. The third-order valence-corrected chi connectivity index (χ3v) is 2.15. The molecule has 5 nitrogen and oxygen atoms in total. The maximum absolute atomic E-state index is 11.3. The van der Waals surface area contributed by atoms with Crippen LogP contribution in [0, 0.1) is 0 Å². The number of hydrogen-bond donors (Lipinski definition) is 1. The van der Waals surface area contributed by atoms with E-state index in [1.165, 1.54) is 0 Å². The number of carbonyl (C=O) groups excluding carboxylic acids is 1. The number of rotatable bonds is 8. The Labute approximate surface area is 103 Å². The molecule has 0 aromatic rings. The molecule has 0 fully saturated rings. The van der Waals surface area contributed by atoms with Crippen LogP contribution < -0.4 is 5.32 Å². The van der Waals surface area contributed by atoms with Gasteiger partial charge in [-0.05, 0) is 12.8 Å². The summed E-state index contributed by atoms with van der Waals surface area (Å²) in [6, 6.07) is 0. The number of nitrogens with zero attached hydrogens (tertiary/aromatic N) is 2. The summed E-state index contributed by atoms with van der Waals surface area (Å²) < 4.78 is 0. The van der Waals surface area contributed by atoms with Gasteiger partial charge < -0.3 is 5.32 Å². The Morgan fingerprint density at radius 1 is 1.59 bits per heavy atom. The van der Waals surface area contributed by atoms with Gasteiger partial charge in [0.2, 0.25) is 0 Å². The highest BCUT2D eigenvalue weighted by Crippen LogP contribution is 2.01. The first kappa shape index (κ1) is 15.4. The fourth-order valence-electron chi connectivity index (χ4n) is 0.974. The second-order valence-electron chi connectivity index (χ2n) is 3.52. The summed E-state index contributed by atoms with van der Waals surface area (Å²) in [6.45, 7) is 9.90. The summed E-state index contributed by atoms with van der Waals surface area (Å²) in [5.41, 5.74) is 1.30. The monoisotopic (exact) mass is 239 g/mol. The van der Waals surface area contributed by atoms with Crippen LogP contribution in [0.1, 0.15) is 19.8 Å². The van der Waals surface area contributed by atoms with E-state index in [0.717, 1.165) is 12.0 Å². The lowest BCUT2D eigenvalue weighted by molar-refractivity contribution is -0.139. The quantitative estimate of drug-likeness (QED) is 0.397. The van der Waals surface area contributed by atoms with Gasteiger partial charge in [-0.15, -0.1) is 5.06 Å². The van der Waals surface area contributed by atoms with E-state index in [1.54, 1.807) is 25.2 Å². The summed E-state index contributed by atoms with van der Waals surface area (Å²) in [6.07, 6.45) is 2.98. The lowest BCUT2D eigenvalue weighted by atomic mass is 10.2. The van der Waals surface area contributed by atoms with E-state index in [1.807, 2.05) is 6.92 Å². The van der Waals surface area contributed by atoms with Crippen LogP contribution in [-0.4, -0.2) is 37.3 Å². The van der Waals surface area contributed by atoms with Gasteiger partial charge >= 0.3 is 0 Å². The number of carbonyl (C=O) groups is 1. The van der Waals surface area contributed by atoms with Gasteiger partial charge in [0.1, 0.15) is 5.71 Å². The predicted octanol–water partition coefficient (Wildman–Crippen LogP) is 1.49. The van der Waals surface area contributed by atoms with Crippen molar-refractivity contribution in [3.05, 3.63) is 24.8 Å². The Morgan fingerprint density at radius 2 is 2.24 bits per heavy atom. The molecule has 1 N–H and O–H groups in total. The average molecular weight is 239 g/mol. The lowest BCUT2D eigenvalue weighted by Crippen LogP contribution is -2.28. The Bertz CT molecular complexity index is 311. The molecule has 0 aliphatic heterocycles. The van der Waals surface area contributed by atoms with E-state index >= 15 is 0 Å². The minimum absolute atomic E-state index is 0.226. The summed E-state index contributed by atoms with van der Waals surface area (Å²) in [5, 5.41) is 7.84. The molecule has 0 aromatic carbocycles. The number of hydrogen-bond acceptors (Lipinski definition) is 4. The summed E-state index contributed by atoms with van der Waals surface area (Å²) in [5.74, 6) is -0.226. The molecule has 0 bridgehead atoms. The smallest absolute Gasteiger partial charge is 0.268 e. The van der Waals surface area contributed by atoms with E-state index in [4.69, 9.17) is 4.94 Å². The summed E-state index contributed by atoms with van der Waals surface area (Å²) in [7, 11) is 3.31. The summed E-state index contributed by atoms with van der Waals surface area (Å²) in [4.78, 5) is 16.4. The molecule has 17 heavy (non-hydrogen) atoms. The Hall–Kier alpha value is -1.62. The van der Waals surface area contributed by atoms with Gasteiger partial charge in [0.05, 0.1) is 0 Å². The first-order valence-electron chi connectivity index (χ1n) is 5.52. The zero-order valence-corrected chi connectivity index (χ0v) is 10.8. The van der Waals surface area contributed by atoms with Crippen molar-refractivity contribution >= 4 is 11.6 Å². The molecule has 0 aliphatic rings. The van der Waals surface area contributed by atoms with Crippen molar-refractivity contribution in [2.45, 2.75) is 19.8 Å². The third kappa shape index (κ3) is 6.52. The molecule has 0 atom stereocenters. The van der Waals surface area contributed by atoms with Gasteiger partial charge in [0.25, 0.3) is 5.91 Å². The first-order valence-corrected chi connectivity index (χ1v) is 5.52. The van der Waals surface area contributed by atoms with Crippen LogP contribution in [-0.2, 0) is 9.73 Å². The molecule has 0 saturated heterocycles. The van der Waals surface area contributed by atoms with Gasteiger partial charge in [-0.1, -0.05) is 36.9 Å². The first-order chi connectivity index (χ1) is 8.04. The Morgan fingerprint density at radius 3 is 2.71 bits per heavy atom. The summed E-state index contributed by atoms with van der Waals surface area (Å²) >= 11 is 0. The van der Waals surface area contributed by atoms with Crippen molar-refractivity contribution in [2.24, 2.45) is 5.16 Å². The molecular formula is C12H21N3O2. The minimum atomic E-state index is -0.226. The topological polar surface area (TPSA) is 53.9 Å². The maximum atomic E-state index is 11.3. The molecule has 0 rings (SSSR count). The highest BCUT2D eigenvalue weighted by Gasteiger charge is 2.08. The normalized spacial score (nSPS) is 11.2. The highest BCUT2D eigenvalue weighted by molar-refractivity contribution is 6.38. The molecule has 0 aliphatic carbocycles. The molecule has 96 valence electrons. The van der Waals surface area contributed by atoms with Gasteiger partial charge in [0, 0.05) is 20.6 Å². The number of amides is 1.